The van der Waals surface area contributed by atoms with E-state index in [9.17, 15) is 4.79 Å². The van der Waals surface area contributed by atoms with Crippen LogP contribution in [0.2, 0.25) is 0 Å². The third-order valence-corrected chi connectivity index (χ3v) is 2.48. The Bertz CT molecular complexity index is 217. The Morgan fingerprint density at radius 3 is 2.43 bits per heavy atom. The van der Waals surface area contributed by atoms with Crippen LogP contribution in [-0.2, 0) is 4.79 Å². The van der Waals surface area contributed by atoms with Gasteiger partial charge in [-0.2, -0.15) is 5.26 Å². The van der Waals surface area contributed by atoms with E-state index >= 15 is 0 Å². The van der Waals surface area contributed by atoms with Gasteiger partial charge in [0, 0.05) is 13.2 Å². The first-order valence-corrected chi connectivity index (χ1v) is 4.97. The molecule has 0 unspecified atom stereocenters. The predicted octanol–water partition coefficient (Wildman–Crippen LogP) is 0.815. The van der Waals surface area contributed by atoms with Crippen LogP contribution in [0.3, 0.4) is 0 Å². The van der Waals surface area contributed by atoms with Crippen LogP contribution >= 0.6 is 0 Å². The maximum Gasteiger partial charge on any atom is 0.240 e. The summed E-state index contributed by atoms with van der Waals surface area (Å²) in [6, 6.07) is 2.07. The SMILES string of the molecule is CCC(C#N)(CC)C(=O)NCCCO. The van der Waals surface area contributed by atoms with Crippen molar-refractivity contribution in [3.63, 3.8) is 0 Å². The van der Waals surface area contributed by atoms with E-state index < -0.39 is 5.41 Å². The topological polar surface area (TPSA) is 73.1 Å². The van der Waals surface area contributed by atoms with Crippen molar-refractivity contribution in [2.24, 2.45) is 5.41 Å². The summed E-state index contributed by atoms with van der Waals surface area (Å²) in [6.45, 7) is 4.15. The molecule has 0 aliphatic carbocycles. The first kappa shape index (κ1) is 12.9. The summed E-state index contributed by atoms with van der Waals surface area (Å²) in [7, 11) is 0. The van der Waals surface area contributed by atoms with Crippen molar-refractivity contribution in [2.45, 2.75) is 33.1 Å². The molecule has 1 amide bonds. The van der Waals surface area contributed by atoms with Gasteiger partial charge in [-0.25, -0.2) is 0 Å². The zero-order valence-corrected chi connectivity index (χ0v) is 8.84. The lowest BCUT2D eigenvalue weighted by Gasteiger charge is -2.21. The van der Waals surface area contributed by atoms with Crippen molar-refractivity contribution < 1.29 is 9.90 Å². The summed E-state index contributed by atoms with van der Waals surface area (Å²) in [5.74, 6) is -0.224. The second-order valence-electron chi connectivity index (χ2n) is 3.23. The predicted molar refractivity (Wildman–Crippen MR) is 53.3 cm³/mol. The quantitative estimate of drug-likeness (QED) is 0.620. The van der Waals surface area contributed by atoms with E-state index in [1.165, 1.54) is 0 Å². The number of nitrogens with zero attached hydrogens (tertiary/aromatic N) is 1. The molecule has 0 atom stereocenters. The van der Waals surface area contributed by atoms with Gasteiger partial charge in [-0.1, -0.05) is 13.8 Å². The third kappa shape index (κ3) is 3.00. The maximum absolute atomic E-state index is 11.6. The lowest BCUT2D eigenvalue weighted by atomic mass is 9.83. The van der Waals surface area contributed by atoms with Crippen molar-refractivity contribution in [3.05, 3.63) is 0 Å². The molecule has 0 saturated carbocycles. The molecule has 0 aromatic carbocycles. The Morgan fingerprint density at radius 1 is 1.50 bits per heavy atom. The van der Waals surface area contributed by atoms with Gasteiger partial charge in [0.05, 0.1) is 6.07 Å². The number of nitrogens with one attached hydrogen (secondary N) is 1. The molecule has 0 bridgehead atoms. The molecular weight excluding hydrogens is 180 g/mol. The van der Waals surface area contributed by atoms with Crippen molar-refractivity contribution in [1.29, 1.82) is 5.26 Å². The Kier molecular flexibility index (Phi) is 5.89. The van der Waals surface area contributed by atoms with Gasteiger partial charge in [0.1, 0.15) is 5.41 Å². The van der Waals surface area contributed by atoms with Crippen molar-refractivity contribution >= 4 is 5.91 Å². The molecule has 80 valence electrons. The highest BCUT2D eigenvalue weighted by molar-refractivity contribution is 5.85. The number of aliphatic hydroxyl groups excluding tert-OH is 1. The lowest BCUT2D eigenvalue weighted by Crippen LogP contribution is -2.39. The van der Waals surface area contributed by atoms with Crippen molar-refractivity contribution in [2.75, 3.05) is 13.2 Å². The van der Waals surface area contributed by atoms with E-state index in [-0.39, 0.29) is 12.5 Å². The molecule has 0 heterocycles. The number of aliphatic hydroxyl groups is 1. The highest BCUT2D eigenvalue weighted by Crippen LogP contribution is 2.25. The molecule has 14 heavy (non-hydrogen) atoms. The van der Waals surface area contributed by atoms with E-state index in [0.29, 0.717) is 25.8 Å². The van der Waals surface area contributed by atoms with Gasteiger partial charge >= 0.3 is 0 Å². The normalized spacial score (nSPS) is 10.7. The Balaban J connectivity index is 4.25. The molecule has 2 N–H and O–H groups in total. The number of carbonyl (C=O) groups is 1. The summed E-state index contributed by atoms with van der Waals surface area (Å²) in [4.78, 5) is 11.6. The molecule has 0 saturated heterocycles. The van der Waals surface area contributed by atoms with Crippen LogP contribution in [0, 0.1) is 16.7 Å². The van der Waals surface area contributed by atoms with Crippen LogP contribution in [0.1, 0.15) is 33.1 Å². The number of carbonyl (C=O) groups excluding carboxylic acids is 1. The van der Waals surface area contributed by atoms with Gasteiger partial charge in [-0.15, -0.1) is 0 Å². The van der Waals surface area contributed by atoms with Gasteiger partial charge in [-0.3, -0.25) is 4.79 Å². The third-order valence-electron chi connectivity index (χ3n) is 2.48. The van der Waals surface area contributed by atoms with Crippen LogP contribution in [0.4, 0.5) is 0 Å². The molecule has 0 radical (unpaired) electrons. The number of hydrogen-bond acceptors (Lipinski definition) is 3. The summed E-state index contributed by atoms with van der Waals surface area (Å²) in [5, 5.41) is 20.1. The second kappa shape index (κ2) is 6.39. The fraction of sp³-hybridized carbons (Fsp3) is 0.800. The summed E-state index contributed by atoms with van der Waals surface area (Å²) in [5.41, 5.74) is -0.893. The number of rotatable bonds is 6. The van der Waals surface area contributed by atoms with Crippen LogP contribution in [0.5, 0.6) is 0 Å². The molecule has 0 aromatic heterocycles. The smallest absolute Gasteiger partial charge is 0.240 e. The fourth-order valence-electron chi connectivity index (χ4n) is 1.23. The van der Waals surface area contributed by atoms with Gasteiger partial charge in [0.25, 0.3) is 0 Å². The zero-order valence-electron chi connectivity index (χ0n) is 8.84. The van der Waals surface area contributed by atoms with E-state index in [1.807, 2.05) is 13.8 Å². The van der Waals surface area contributed by atoms with Crippen LogP contribution in [0.25, 0.3) is 0 Å². The van der Waals surface area contributed by atoms with Crippen LogP contribution in [-0.4, -0.2) is 24.2 Å². The first-order chi connectivity index (χ1) is 6.66. The van der Waals surface area contributed by atoms with Gasteiger partial charge in [0.2, 0.25) is 5.91 Å². The summed E-state index contributed by atoms with van der Waals surface area (Å²) < 4.78 is 0. The van der Waals surface area contributed by atoms with E-state index in [4.69, 9.17) is 10.4 Å². The minimum absolute atomic E-state index is 0.0537. The van der Waals surface area contributed by atoms with Crippen molar-refractivity contribution in [1.82, 2.24) is 5.32 Å². The summed E-state index contributed by atoms with van der Waals surface area (Å²) in [6.07, 6.45) is 1.57. The van der Waals surface area contributed by atoms with Gasteiger partial charge in [-0.05, 0) is 19.3 Å². The Morgan fingerprint density at radius 2 is 2.07 bits per heavy atom. The standard InChI is InChI=1S/C10H18N2O2/c1-3-10(4-2,8-11)9(14)12-6-5-7-13/h13H,3-7H2,1-2H3,(H,12,14). The average Bonchev–Trinajstić information content (AvgIpc) is 2.22. The molecule has 0 aliphatic rings. The van der Waals surface area contributed by atoms with Gasteiger partial charge < -0.3 is 10.4 Å². The molecule has 4 heteroatoms. The monoisotopic (exact) mass is 198 g/mol. The lowest BCUT2D eigenvalue weighted by molar-refractivity contribution is -0.128. The minimum atomic E-state index is -0.893. The Hall–Kier alpha value is -1.08. The largest absolute Gasteiger partial charge is 0.396 e. The second-order valence-corrected chi connectivity index (χ2v) is 3.23. The van der Waals surface area contributed by atoms with Crippen LogP contribution < -0.4 is 5.32 Å². The fourth-order valence-corrected chi connectivity index (χ4v) is 1.23. The molecule has 0 fully saturated rings. The molecule has 0 aromatic rings. The molecule has 4 nitrogen and oxygen atoms in total. The average molecular weight is 198 g/mol. The first-order valence-electron chi connectivity index (χ1n) is 4.97. The molecular formula is C10H18N2O2. The van der Waals surface area contributed by atoms with Gasteiger partial charge in [0.15, 0.2) is 0 Å². The highest BCUT2D eigenvalue weighted by Gasteiger charge is 2.34. The highest BCUT2D eigenvalue weighted by atomic mass is 16.3. The number of nitriles is 1. The van der Waals surface area contributed by atoms with E-state index in [0.717, 1.165) is 0 Å². The van der Waals surface area contributed by atoms with E-state index in [1.54, 1.807) is 0 Å². The van der Waals surface area contributed by atoms with Crippen molar-refractivity contribution in [3.8, 4) is 6.07 Å². The minimum Gasteiger partial charge on any atom is -0.396 e. The molecule has 0 aliphatic heterocycles. The number of hydrogen-bond donors (Lipinski definition) is 2. The zero-order chi connectivity index (χ0) is 11.0. The number of amides is 1. The Labute approximate surface area is 84.9 Å². The molecule has 0 spiro atoms. The molecule has 0 rings (SSSR count). The van der Waals surface area contributed by atoms with E-state index in [2.05, 4.69) is 11.4 Å². The van der Waals surface area contributed by atoms with Crippen LogP contribution in [0.15, 0.2) is 0 Å². The summed E-state index contributed by atoms with van der Waals surface area (Å²) >= 11 is 0. The maximum atomic E-state index is 11.6.